The molecule has 3 N–H and O–H groups in total. The summed E-state index contributed by atoms with van der Waals surface area (Å²) in [5.41, 5.74) is 0.535. The van der Waals surface area contributed by atoms with Crippen LogP contribution < -0.4 is 10.6 Å². The molecule has 0 aromatic heterocycles. The Kier molecular flexibility index (Phi) is 4.81. The van der Waals surface area contributed by atoms with Gasteiger partial charge >= 0.3 is 0 Å². The van der Waals surface area contributed by atoms with E-state index >= 15 is 0 Å². The van der Waals surface area contributed by atoms with E-state index in [1.54, 1.807) is 12.1 Å². The van der Waals surface area contributed by atoms with Crippen LogP contribution in [0.3, 0.4) is 0 Å². The van der Waals surface area contributed by atoms with Crippen molar-refractivity contribution in [2.24, 2.45) is 0 Å². The van der Waals surface area contributed by atoms with Gasteiger partial charge in [-0.2, -0.15) is 0 Å². The third-order valence-corrected chi connectivity index (χ3v) is 3.82. The highest BCUT2D eigenvalue weighted by molar-refractivity contribution is 7.99. The second-order valence-corrected chi connectivity index (χ2v) is 5.37. The fraction of sp³-hybridized carbons (Fsp3) is 0.385. The molecule has 19 heavy (non-hydrogen) atoms. The van der Waals surface area contributed by atoms with Crippen LogP contribution in [0.25, 0.3) is 0 Å². The monoisotopic (exact) mass is 280 g/mol. The molecule has 0 spiro atoms. The first kappa shape index (κ1) is 13.9. The van der Waals surface area contributed by atoms with E-state index in [9.17, 15) is 9.59 Å². The molecule has 1 aliphatic heterocycles. The highest BCUT2D eigenvalue weighted by Crippen LogP contribution is 2.18. The molecule has 2 amide bonds. The number of carbonyl (C=O) groups excluding carboxylic acids is 2. The minimum absolute atomic E-state index is 0.122. The molecule has 0 aliphatic carbocycles. The van der Waals surface area contributed by atoms with Gasteiger partial charge < -0.3 is 15.7 Å². The summed E-state index contributed by atoms with van der Waals surface area (Å²) in [6.45, 7) is 0.740. The van der Waals surface area contributed by atoms with E-state index in [1.807, 2.05) is 12.1 Å². The topological polar surface area (TPSA) is 78.4 Å². The van der Waals surface area contributed by atoms with Gasteiger partial charge in [0.2, 0.25) is 5.91 Å². The lowest BCUT2D eigenvalue weighted by Gasteiger charge is -2.10. The molecule has 1 fully saturated rings. The lowest BCUT2D eigenvalue weighted by atomic mass is 10.2. The predicted molar refractivity (Wildman–Crippen MR) is 73.1 cm³/mol. The van der Waals surface area contributed by atoms with Crippen LogP contribution in [0, 0.1) is 0 Å². The zero-order valence-corrected chi connectivity index (χ0v) is 11.2. The third kappa shape index (κ3) is 3.71. The second kappa shape index (κ2) is 6.58. The molecular weight excluding hydrogens is 264 g/mol. The van der Waals surface area contributed by atoms with Crippen molar-refractivity contribution in [2.75, 3.05) is 18.9 Å². The summed E-state index contributed by atoms with van der Waals surface area (Å²) in [6.07, 6.45) is 0.634. The van der Waals surface area contributed by atoms with Gasteiger partial charge in [0.1, 0.15) is 6.04 Å². The van der Waals surface area contributed by atoms with E-state index < -0.39 is 6.04 Å². The molecular formula is C13H16N2O3S. The number of aliphatic hydroxyl groups excluding tert-OH is 1. The van der Waals surface area contributed by atoms with Gasteiger partial charge in [-0.15, -0.1) is 11.8 Å². The number of aliphatic hydroxyl groups is 1. The first-order valence-electron chi connectivity index (χ1n) is 6.13. The van der Waals surface area contributed by atoms with E-state index in [0.29, 0.717) is 24.3 Å². The van der Waals surface area contributed by atoms with E-state index in [-0.39, 0.29) is 18.4 Å². The Balaban J connectivity index is 1.93. The SMILES string of the molecule is O=C(N[C@@H]1CCNC1=O)c1ccc(SCCO)cc1. The quantitative estimate of drug-likeness (QED) is 0.682. The van der Waals surface area contributed by atoms with Crippen molar-refractivity contribution >= 4 is 23.6 Å². The minimum atomic E-state index is -0.420. The van der Waals surface area contributed by atoms with Gasteiger partial charge in [0, 0.05) is 22.8 Å². The predicted octanol–water partition coefficient (Wildman–Crippen LogP) is 0.389. The third-order valence-electron chi connectivity index (χ3n) is 2.83. The van der Waals surface area contributed by atoms with Crippen LogP contribution in [-0.4, -0.2) is 41.9 Å². The summed E-state index contributed by atoms with van der Waals surface area (Å²) in [7, 11) is 0. The average Bonchev–Trinajstić information content (AvgIpc) is 2.82. The molecule has 1 saturated heterocycles. The molecule has 5 nitrogen and oxygen atoms in total. The van der Waals surface area contributed by atoms with E-state index in [4.69, 9.17) is 5.11 Å². The Labute approximate surface area is 115 Å². The molecule has 0 saturated carbocycles. The fourth-order valence-corrected chi connectivity index (χ4v) is 2.49. The molecule has 102 valence electrons. The molecule has 1 aromatic rings. The summed E-state index contributed by atoms with van der Waals surface area (Å²) < 4.78 is 0. The molecule has 2 rings (SSSR count). The van der Waals surface area contributed by atoms with Crippen LogP contribution in [0.1, 0.15) is 16.8 Å². The summed E-state index contributed by atoms with van der Waals surface area (Å²) in [4.78, 5) is 24.3. The first-order chi connectivity index (χ1) is 9.20. The number of amides is 2. The van der Waals surface area contributed by atoms with Crippen molar-refractivity contribution in [3.63, 3.8) is 0 Å². The maximum Gasteiger partial charge on any atom is 0.251 e. The zero-order valence-electron chi connectivity index (χ0n) is 10.4. The van der Waals surface area contributed by atoms with Crippen molar-refractivity contribution in [2.45, 2.75) is 17.4 Å². The first-order valence-corrected chi connectivity index (χ1v) is 7.11. The number of thioether (sulfide) groups is 1. The summed E-state index contributed by atoms with van der Waals surface area (Å²) in [6, 6.07) is 6.70. The van der Waals surface area contributed by atoms with Gasteiger partial charge in [0.15, 0.2) is 0 Å². The molecule has 1 atom stereocenters. The number of nitrogens with one attached hydrogen (secondary N) is 2. The van der Waals surface area contributed by atoms with Gasteiger partial charge in [-0.05, 0) is 30.7 Å². The van der Waals surface area contributed by atoms with Gasteiger partial charge in [-0.1, -0.05) is 0 Å². The van der Waals surface area contributed by atoms with Crippen LogP contribution in [0.5, 0.6) is 0 Å². The number of carbonyl (C=O) groups is 2. The van der Waals surface area contributed by atoms with Gasteiger partial charge in [0.25, 0.3) is 5.91 Å². The Hall–Kier alpha value is -1.53. The molecule has 1 aromatic carbocycles. The normalized spacial score (nSPS) is 18.2. The summed E-state index contributed by atoms with van der Waals surface area (Å²) in [5, 5.41) is 14.1. The largest absolute Gasteiger partial charge is 0.396 e. The number of rotatable bonds is 5. The molecule has 6 heteroatoms. The maximum absolute atomic E-state index is 11.9. The Morgan fingerprint density at radius 3 is 2.74 bits per heavy atom. The standard InChI is InChI=1S/C13H16N2O3S/c16-7-8-19-10-3-1-9(2-4-10)12(17)15-11-5-6-14-13(11)18/h1-4,11,16H,5-8H2,(H,14,18)(H,15,17)/t11-/m1/s1. The highest BCUT2D eigenvalue weighted by atomic mass is 32.2. The molecule has 0 radical (unpaired) electrons. The van der Waals surface area contributed by atoms with Crippen molar-refractivity contribution < 1.29 is 14.7 Å². The zero-order chi connectivity index (χ0) is 13.7. The Morgan fingerprint density at radius 2 is 2.16 bits per heavy atom. The molecule has 0 bridgehead atoms. The minimum Gasteiger partial charge on any atom is -0.396 e. The van der Waals surface area contributed by atoms with E-state index in [2.05, 4.69) is 10.6 Å². The fourth-order valence-electron chi connectivity index (χ4n) is 1.84. The average molecular weight is 280 g/mol. The van der Waals surface area contributed by atoms with Crippen LogP contribution in [0.2, 0.25) is 0 Å². The van der Waals surface area contributed by atoms with Crippen LogP contribution in [-0.2, 0) is 4.79 Å². The van der Waals surface area contributed by atoms with Gasteiger partial charge in [-0.3, -0.25) is 9.59 Å². The van der Waals surface area contributed by atoms with Crippen molar-refractivity contribution in [1.82, 2.24) is 10.6 Å². The number of hydrogen-bond acceptors (Lipinski definition) is 4. The van der Waals surface area contributed by atoms with E-state index in [1.165, 1.54) is 11.8 Å². The van der Waals surface area contributed by atoms with Crippen LogP contribution in [0.4, 0.5) is 0 Å². The lowest BCUT2D eigenvalue weighted by Crippen LogP contribution is -2.40. The molecule has 1 aliphatic rings. The molecule has 1 heterocycles. The van der Waals surface area contributed by atoms with Gasteiger partial charge in [0.05, 0.1) is 6.61 Å². The van der Waals surface area contributed by atoms with Crippen LogP contribution in [0.15, 0.2) is 29.2 Å². The summed E-state index contributed by atoms with van der Waals surface area (Å²) >= 11 is 1.53. The van der Waals surface area contributed by atoms with E-state index in [0.717, 1.165) is 4.90 Å². The van der Waals surface area contributed by atoms with Gasteiger partial charge in [-0.25, -0.2) is 0 Å². The number of benzene rings is 1. The lowest BCUT2D eigenvalue weighted by molar-refractivity contribution is -0.120. The second-order valence-electron chi connectivity index (χ2n) is 4.20. The van der Waals surface area contributed by atoms with Crippen LogP contribution >= 0.6 is 11.8 Å². The van der Waals surface area contributed by atoms with Crippen molar-refractivity contribution in [3.05, 3.63) is 29.8 Å². The summed E-state index contributed by atoms with van der Waals surface area (Å²) in [5.74, 6) is 0.276. The van der Waals surface area contributed by atoms with Crippen molar-refractivity contribution in [1.29, 1.82) is 0 Å². The molecule has 0 unspecified atom stereocenters. The van der Waals surface area contributed by atoms with Crippen molar-refractivity contribution in [3.8, 4) is 0 Å². The smallest absolute Gasteiger partial charge is 0.251 e. The Morgan fingerprint density at radius 1 is 1.42 bits per heavy atom. The maximum atomic E-state index is 11.9. The highest BCUT2D eigenvalue weighted by Gasteiger charge is 2.25. The Bertz CT molecular complexity index is 461. The number of hydrogen-bond donors (Lipinski definition) is 3.